The molecule has 1 aliphatic heterocycles. The maximum absolute atomic E-state index is 13.0. The number of hydrogen-bond donors (Lipinski definition) is 0. The van der Waals surface area contributed by atoms with Crippen LogP contribution in [-0.2, 0) is 9.59 Å². The van der Waals surface area contributed by atoms with Crippen molar-refractivity contribution in [3.63, 3.8) is 0 Å². The van der Waals surface area contributed by atoms with Crippen LogP contribution in [0.5, 0.6) is 11.5 Å². The molecule has 178 valence electrons. The molecule has 33 heavy (non-hydrogen) atoms. The highest BCUT2D eigenvalue weighted by Crippen LogP contribution is 2.22. The van der Waals surface area contributed by atoms with E-state index in [1.54, 1.807) is 23.6 Å². The van der Waals surface area contributed by atoms with E-state index in [2.05, 4.69) is 0 Å². The molecule has 1 fully saturated rings. The summed E-state index contributed by atoms with van der Waals surface area (Å²) in [4.78, 5) is 29.7. The molecule has 2 amide bonds. The first-order valence-electron chi connectivity index (χ1n) is 11.7. The summed E-state index contributed by atoms with van der Waals surface area (Å²) < 4.78 is 12.0. The Kier molecular flexibility index (Phi) is 8.01. The number of ether oxygens (including phenoxy) is 2. The van der Waals surface area contributed by atoms with Gasteiger partial charge in [0.2, 0.25) is 0 Å². The Morgan fingerprint density at radius 3 is 1.48 bits per heavy atom. The molecule has 0 aromatic heterocycles. The molecule has 3 rings (SSSR count). The number of benzene rings is 2. The number of carbonyl (C=O) groups excluding carboxylic acids is 2. The normalized spacial score (nSPS) is 16.1. The van der Waals surface area contributed by atoms with E-state index in [0.29, 0.717) is 26.2 Å². The maximum atomic E-state index is 13.0. The van der Waals surface area contributed by atoms with Crippen molar-refractivity contribution in [3.05, 3.63) is 58.7 Å². The largest absolute Gasteiger partial charge is 0.481 e. The summed E-state index contributed by atoms with van der Waals surface area (Å²) in [6, 6.07) is 12.0. The van der Waals surface area contributed by atoms with E-state index in [0.717, 1.165) is 40.2 Å². The number of carbonyl (C=O) groups is 2. The van der Waals surface area contributed by atoms with Gasteiger partial charge in [0.25, 0.3) is 11.8 Å². The van der Waals surface area contributed by atoms with Gasteiger partial charge in [0.1, 0.15) is 11.5 Å². The van der Waals surface area contributed by atoms with Gasteiger partial charge in [-0.1, -0.05) is 24.3 Å². The lowest BCUT2D eigenvalue weighted by atomic mass is 10.1. The van der Waals surface area contributed by atoms with E-state index in [9.17, 15) is 9.59 Å². The topological polar surface area (TPSA) is 59.1 Å². The Hall–Kier alpha value is -3.02. The van der Waals surface area contributed by atoms with E-state index in [1.807, 2.05) is 64.1 Å². The second-order valence-corrected chi connectivity index (χ2v) is 9.06. The third kappa shape index (κ3) is 6.28. The molecule has 0 radical (unpaired) electrons. The van der Waals surface area contributed by atoms with Crippen LogP contribution in [0.2, 0.25) is 0 Å². The van der Waals surface area contributed by atoms with Crippen molar-refractivity contribution in [2.45, 2.75) is 60.2 Å². The first-order chi connectivity index (χ1) is 15.7. The number of rotatable bonds is 6. The van der Waals surface area contributed by atoms with Gasteiger partial charge in [0, 0.05) is 26.2 Å². The third-order valence-electron chi connectivity index (χ3n) is 6.11. The van der Waals surface area contributed by atoms with Gasteiger partial charge in [-0.15, -0.1) is 0 Å². The fraction of sp³-hybridized carbons (Fsp3) is 0.481. The van der Waals surface area contributed by atoms with Crippen LogP contribution in [0.1, 0.15) is 42.5 Å². The molecule has 1 heterocycles. The van der Waals surface area contributed by atoms with E-state index in [4.69, 9.17) is 9.47 Å². The molecule has 6 heteroatoms. The minimum absolute atomic E-state index is 0.0510. The zero-order valence-corrected chi connectivity index (χ0v) is 20.7. The monoisotopic (exact) mass is 452 g/mol. The second kappa shape index (κ2) is 10.7. The van der Waals surface area contributed by atoms with E-state index >= 15 is 0 Å². The van der Waals surface area contributed by atoms with E-state index in [-0.39, 0.29) is 11.8 Å². The van der Waals surface area contributed by atoms with Gasteiger partial charge >= 0.3 is 0 Å². The Morgan fingerprint density at radius 2 is 1.09 bits per heavy atom. The van der Waals surface area contributed by atoms with Crippen molar-refractivity contribution in [2.75, 3.05) is 26.2 Å². The summed E-state index contributed by atoms with van der Waals surface area (Å²) in [6.45, 7) is 13.7. The lowest BCUT2D eigenvalue weighted by Gasteiger charge is -2.27. The highest BCUT2D eigenvalue weighted by Gasteiger charge is 2.29. The second-order valence-electron chi connectivity index (χ2n) is 9.06. The van der Waals surface area contributed by atoms with Gasteiger partial charge in [0.05, 0.1) is 0 Å². The molecule has 0 bridgehead atoms. The number of hydrogen-bond acceptors (Lipinski definition) is 4. The molecular formula is C27H36N2O4. The van der Waals surface area contributed by atoms with Crippen LogP contribution in [-0.4, -0.2) is 60.0 Å². The molecule has 2 aromatic rings. The van der Waals surface area contributed by atoms with Crippen LogP contribution >= 0.6 is 0 Å². The smallest absolute Gasteiger partial charge is 0.263 e. The highest BCUT2D eigenvalue weighted by atomic mass is 16.5. The van der Waals surface area contributed by atoms with Crippen molar-refractivity contribution in [1.82, 2.24) is 9.80 Å². The average molecular weight is 453 g/mol. The Morgan fingerprint density at radius 1 is 0.697 bits per heavy atom. The molecule has 1 aliphatic rings. The first kappa shape index (κ1) is 24.6. The molecule has 2 unspecified atom stereocenters. The number of nitrogens with zero attached hydrogens (tertiary/aromatic N) is 2. The van der Waals surface area contributed by atoms with E-state index in [1.165, 1.54) is 0 Å². The Balaban J connectivity index is 1.57. The molecule has 0 aliphatic carbocycles. The third-order valence-corrected chi connectivity index (χ3v) is 6.11. The summed E-state index contributed by atoms with van der Waals surface area (Å²) in [5.74, 6) is 1.37. The first-order valence-corrected chi connectivity index (χ1v) is 11.7. The van der Waals surface area contributed by atoms with Crippen LogP contribution in [0, 0.1) is 27.7 Å². The molecule has 0 N–H and O–H groups in total. The molecule has 1 saturated heterocycles. The van der Waals surface area contributed by atoms with Gasteiger partial charge < -0.3 is 19.3 Å². The summed E-state index contributed by atoms with van der Waals surface area (Å²) in [6.07, 6.45) is -0.442. The lowest BCUT2D eigenvalue weighted by molar-refractivity contribution is -0.140. The highest BCUT2D eigenvalue weighted by molar-refractivity contribution is 5.82. The molecule has 0 spiro atoms. The molecular weight excluding hydrogens is 416 g/mol. The fourth-order valence-electron chi connectivity index (χ4n) is 4.02. The summed E-state index contributed by atoms with van der Waals surface area (Å²) in [5, 5.41) is 0. The summed E-state index contributed by atoms with van der Waals surface area (Å²) in [7, 11) is 0. The SMILES string of the molecule is Cc1ccc(C)c(OC(C)C(=O)N2CCCN(C(=O)C(C)Oc3cc(C)ccc3C)CC2)c1. The van der Waals surface area contributed by atoms with Crippen LogP contribution in [0.4, 0.5) is 0 Å². The molecule has 0 saturated carbocycles. The summed E-state index contributed by atoms with van der Waals surface area (Å²) >= 11 is 0. The maximum Gasteiger partial charge on any atom is 0.263 e. The van der Waals surface area contributed by atoms with Crippen LogP contribution in [0.25, 0.3) is 0 Å². The van der Waals surface area contributed by atoms with E-state index < -0.39 is 12.2 Å². The molecule has 6 nitrogen and oxygen atoms in total. The van der Waals surface area contributed by atoms with Gasteiger partial charge in [-0.3, -0.25) is 9.59 Å². The predicted octanol–water partition coefficient (Wildman–Crippen LogP) is 4.22. The van der Waals surface area contributed by atoms with Crippen molar-refractivity contribution < 1.29 is 19.1 Å². The zero-order valence-electron chi connectivity index (χ0n) is 20.7. The minimum atomic E-state index is -0.584. The van der Waals surface area contributed by atoms with Gasteiger partial charge in [-0.05, 0) is 82.3 Å². The van der Waals surface area contributed by atoms with Gasteiger partial charge in [-0.25, -0.2) is 0 Å². The Bertz CT molecular complexity index is 924. The average Bonchev–Trinajstić information content (AvgIpc) is 3.04. The van der Waals surface area contributed by atoms with Crippen LogP contribution in [0.3, 0.4) is 0 Å². The minimum Gasteiger partial charge on any atom is -0.481 e. The van der Waals surface area contributed by atoms with Crippen molar-refractivity contribution in [1.29, 1.82) is 0 Å². The summed E-state index contributed by atoms with van der Waals surface area (Å²) in [5.41, 5.74) is 4.20. The van der Waals surface area contributed by atoms with Crippen molar-refractivity contribution in [2.24, 2.45) is 0 Å². The molecule has 2 atom stereocenters. The van der Waals surface area contributed by atoms with Gasteiger partial charge in [0.15, 0.2) is 12.2 Å². The zero-order chi connectivity index (χ0) is 24.1. The quantitative estimate of drug-likeness (QED) is 0.659. The molecule has 2 aromatic carbocycles. The van der Waals surface area contributed by atoms with Crippen molar-refractivity contribution >= 4 is 11.8 Å². The number of aryl methyl sites for hydroxylation is 4. The predicted molar refractivity (Wildman–Crippen MR) is 130 cm³/mol. The van der Waals surface area contributed by atoms with Crippen LogP contribution < -0.4 is 9.47 Å². The van der Waals surface area contributed by atoms with Crippen molar-refractivity contribution in [3.8, 4) is 11.5 Å². The standard InChI is InChI=1S/C27H36N2O4/c1-18-8-10-20(3)24(16-18)32-22(5)26(30)28-12-7-13-29(15-14-28)27(31)23(6)33-25-17-19(2)9-11-21(25)4/h8-11,16-17,22-23H,7,12-15H2,1-6H3. The van der Waals surface area contributed by atoms with Gasteiger partial charge in [-0.2, -0.15) is 0 Å². The van der Waals surface area contributed by atoms with Crippen LogP contribution in [0.15, 0.2) is 36.4 Å². The lowest BCUT2D eigenvalue weighted by Crippen LogP contribution is -2.45. The number of amides is 2. The fourth-order valence-corrected chi connectivity index (χ4v) is 4.02. The Labute approximate surface area is 197 Å².